The molecule has 4 atom stereocenters. The third-order valence-corrected chi connectivity index (χ3v) is 9.97. The van der Waals surface area contributed by atoms with Crippen molar-refractivity contribution in [1.82, 2.24) is 14.5 Å². The van der Waals surface area contributed by atoms with Crippen LogP contribution in [0.15, 0.2) is 16.3 Å². The minimum absolute atomic E-state index is 0.0484. The fourth-order valence-corrected chi connectivity index (χ4v) is 7.21. The average molecular weight is 448 g/mol. The maximum atomic E-state index is 12.8. The fourth-order valence-electron chi connectivity index (χ4n) is 4.15. The van der Waals surface area contributed by atoms with Crippen LogP contribution in [0.1, 0.15) is 40.0 Å². The molecule has 28 heavy (non-hydrogen) atoms. The molecule has 0 spiro atoms. The van der Waals surface area contributed by atoms with Crippen LogP contribution in [-0.2, 0) is 14.8 Å². The van der Waals surface area contributed by atoms with Gasteiger partial charge in [0.15, 0.2) is 0 Å². The van der Waals surface area contributed by atoms with E-state index in [4.69, 9.17) is 11.6 Å². The maximum absolute atomic E-state index is 12.8. The zero-order valence-electron chi connectivity index (χ0n) is 16.7. The van der Waals surface area contributed by atoms with Crippen LogP contribution < -0.4 is 5.32 Å². The van der Waals surface area contributed by atoms with E-state index in [0.717, 1.165) is 24.2 Å². The Labute approximate surface area is 177 Å². The molecule has 1 aliphatic carbocycles. The van der Waals surface area contributed by atoms with Gasteiger partial charge in [0.1, 0.15) is 4.21 Å². The Bertz CT molecular complexity index is 790. The standard InChI is InChI=1S/C19H30ClN3O3S2/c1-13-5-4-6-16(14(13)2)21-19(24)15(3)22-9-11-23(12-10-22)28(25,26)18-8-7-17(20)27-18/h7-8,13-16H,4-6,9-12H2,1-3H3,(H,21,24)/t13-,14+,15+,16+/m1/s1. The zero-order chi connectivity index (χ0) is 20.5. The monoisotopic (exact) mass is 447 g/mol. The molecule has 3 rings (SSSR count). The molecule has 1 aromatic heterocycles. The van der Waals surface area contributed by atoms with Gasteiger partial charge in [-0.2, -0.15) is 4.31 Å². The number of nitrogens with zero attached hydrogens (tertiary/aromatic N) is 2. The van der Waals surface area contributed by atoms with Crippen molar-refractivity contribution in [3.05, 3.63) is 16.5 Å². The molecule has 1 amide bonds. The van der Waals surface area contributed by atoms with Crippen molar-refractivity contribution in [2.45, 2.75) is 56.3 Å². The summed E-state index contributed by atoms with van der Waals surface area (Å²) in [4.78, 5) is 14.8. The van der Waals surface area contributed by atoms with Gasteiger partial charge in [-0.05, 0) is 37.3 Å². The number of hydrogen-bond donors (Lipinski definition) is 1. The first-order valence-electron chi connectivity index (χ1n) is 10.00. The second-order valence-corrected chi connectivity index (χ2v) is 11.9. The number of nitrogens with one attached hydrogen (secondary N) is 1. The lowest BCUT2D eigenvalue weighted by molar-refractivity contribution is -0.127. The topological polar surface area (TPSA) is 69.7 Å². The van der Waals surface area contributed by atoms with E-state index in [0.29, 0.717) is 42.4 Å². The molecule has 2 heterocycles. The first-order valence-corrected chi connectivity index (χ1v) is 12.6. The lowest BCUT2D eigenvalue weighted by Crippen LogP contribution is -2.56. The fraction of sp³-hybridized carbons (Fsp3) is 0.737. The van der Waals surface area contributed by atoms with Crippen molar-refractivity contribution >= 4 is 38.9 Å². The lowest BCUT2D eigenvalue weighted by atomic mass is 9.78. The van der Waals surface area contributed by atoms with Crippen LogP contribution in [0.2, 0.25) is 4.34 Å². The second kappa shape index (κ2) is 9.00. The van der Waals surface area contributed by atoms with E-state index in [9.17, 15) is 13.2 Å². The minimum atomic E-state index is -3.51. The first kappa shape index (κ1) is 22.0. The molecule has 9 heteroatoms. The van der Waals surface area contributed by atoms with E-state index in [-0.39, 0.29) is 22.2 Å². The van der Waals surface area contributed by atoms with Crippen LogP contribution in [0.5, 0.6) is 0 Å². The van der Waals surface area contributed by atoms with Gasteiger partial charge in [0.2, 0.25) is 5.91 Å². The summed E-state index contributed by atoms with van der Waals surface area (Å²) in [6, 6.07) is 3.14. The molecule has 0 aromatic carbocycles. The largest absolute Gasteiger partial charge is 0.352 e. The van der Waals surface area contributed by atoms with Crippen LogP contribution in [-0.4, -0.2) is 61.8 Å². The summed E-state index contributed by atoms with van der Waals surface area (Å²) in [5, 5.41) is 3.24. The van der Waals surface area contributed by atoms with E-state index >= 15 is 0 Å². The van der Waals surface area contributed by atoms with Gasteiger partial charge in [-0.1, -0.05) is 38.3 Å². The Kier molecular flexibility index (Phi) is 7.08. The van der Waals surface area contributed by atoms with E-state index < -0.39 is 10.0 Å². The highest BCUT2D eigenvalue weighted by molar-refractivity contribution is 7.91. The van der Waals surface area contributed by atoms with Crippen LogP contribution in [0.25, 0.3) is 0 Å². The average Bonchev–Trinajstić information content (AvgIpc) is 3.12. The van der Waals surface area contributed by atoms with Crippen molar-refractivity contribution in [3.63, 3.8) is 0 Å². The maximum Gasteiger partial charge on any atom is 0.252 e. The Morgan fingerprint density at radius 1 is 1.21 bits per heavy atom. The van der Waals surface area contributed by atoms with E-state index in [1.165, 1.54) is 10.7 Å². The highest BCUT2D eigenvalue weighted by Gasteiger charge is 2.34. The molecule has 1 aliphatic heterocycles. The predicted molar refractivity (Wildman–Crippen MR) is 113 cm³/mol. The highest BCUT2D eigenvalue weighted by atomic mass is 35.5. The molecular formula is C19H30ClN3O3S2. The van der Waals surface area contributed by atoms with E-state index in [1.54, 1.807) is 12.1 Å². The van der Waals surface area contributed by atoms with Crippen molar-refractivity contribution in [1.29, 1.82) is 0 Å². The van der Waals surface area contributed by atoms with Gasteiger partial charge in [-0.25, -0.2) is 8.42 Å². The number of piperazine rings is 1. The zero-order valence-corrected chi connectivity index (χ0v) is 19.1. The van der Waals surface area contributed by atoms with Crippen molar-refractivity contribution < 1.29 is 13.2 Å². The van der Waals surface area contributed by atoms with Crippen molar-refractivity contribution in [3.8, 4) is 0 Å². The number of rotatable bonds is 5. The number of hydrogen-bond acceptors (Lipinski definition) is 5. The summed E-state index contributed by atoms with van der Waals surface area (Å²) in [6.07, 6.45) is 3.43. The molecular weight excluding hydrogens is 418 g/mol. The van der Waals surface area contributed by atoms with Crippen molar-refractivity contribution in [2.24, 2.45) is 11.8 Å². The molecule has 0 unspecified atom stereocenters. The molecule has 0 radical (unpaired) electrons. The number of thiophene rings is 1. The summed E-state index contributed by atoms with van der Waals surface area (Å²) < 4.78 is 27.7. The van der Waals surface area contributed by atoms with Crippen LogP contribution in [0, 0.1) is 11.8 Å². The molecule has 6 nitrogen and oxygen atoms in total. The molecule has 1 N–H and O–H groups in total. The van der Waals surface area contributed by atoms with Crippen LogP contribution in [0.4, 0.5) is 0 Å². The smallest absolute Gasteiger partial charge is 0.252 e. The lowest BCUT2D eigenvalue weighted by Gasteiger charge is -2.39. The number of carbonyl (C=O) groups excluding carboxylic acids is 1. The molecule has 1 saturated carbocycles. The number of amides is 1. The minimum Gasteiger partial charge on any atom is -0.352 e. The molecule has 1 saturated heterocycles. The molecule has 0 bridgehead atoms. The third-order valence-electron chi connectivity index (χ3n) is 6.38. The summed E-state index contributed by atoms with van der Waals surface area (Å²) >= 11 is 6.97. The summed E-state index contributed by atoms with van der Waals surface area (Å²) in [5.74, 6) is 1.17. The van der Waals surface area contributed by atoms with Gasteiger partial charge < -0.3 is 5.32 Å². The van der Waals surface area contributed by atoms with Crippen molar-refractivity contribution in [2.75, 3.05) is 26.2 Å². The Hall–Kier alpha value is -0.670. The van der Waals surface area contributed by atoms with Gasteiger partial charge >= 0.3 is 0 Å². The Balaban J connectivity index is 1.54. The summed E-state index contributed by atoms with van der Waals surface area (Å²) in [6.45, 7) is 8.24. The first-order chi connectivity index (χ1) is 13.2. The Morgan fingerprint density at radius 3 is 2.50 bits per heavy atom. The molecule has 2 aliphatic rings. The normalized spacial score (nSPS) is 28.8. The van der Waals surface area contributed by atoms with Gasteiger partial charge in [0, 0.05) is 32.2 Å². The van der Waals surface area contributed by atoms with Gasteiger partial charge in [0.25, 0.3) is 10.0 Å². The predicted octanol–water partition coefficient (Wildman–Crippen LogP) is 3.04. The van der Waals surface area contributed by atoms with Gasteiger partial charge in [-0.15, -0.1) is 11.3 Å². The summed E-state index contributed by atoms with van der Waals surface area (Å²) in [5.41, 5.74) is 0. The summed E-state index contributed by atoms with van der Waals surface area (Å²) in [7, 11) is -3.51. The molecule has 2 fully saturated rings. The highest BCUT2D eigenvalue weighted by Crippen LogP contribution is 2.30. The van der Waals surface area contributed by atoms with Gasteiger partial charge in [-0.3, -0.25) is 9.69 Å². The van der Waals surface area contributed by atoms with E-state index in [1.807, 2.05) is 6.92 Å². The van der Waals surface area contributed by atoms with Crippen LogP contribution in [0.3, 0.4) is 0 Å². The number of sulfonamides is 1. The molecule has 1 aromatic rings. The third kappa shape index (κ3) is 4.73. The second-order valence-electron chi connectivity index (χ2n) is 8.06. The Morgan fingerprint density at radius 2 is 1.89 bits per heavy atom. The SMILES string of the molecule is C[C@H]1[C@H](C)CCC[C@@H]1NC(=O)[C@H](C)N1CCN(S(=O)(=O)c2ccc(Cl)s2)CC1. The molecule has 158 valence electrons. The van der Waals surface area contributed by atoms with E-state index in [2.05, 4.69) is 24.1 Å². The number of halogens is 1. The van der Waals surface area contributed by atoms with Crippen LogP contribution >= 0.6 is 22.9 Å². The number of carbonyl (C=O) groups is 1. The van der Waals surface area contributed by atoms with Gasteiger partial charge in [0.05, 0.1) is 10.4 Å². The quantitative estimate of drug-likeness (QED) is 0.753.